The average molecular weight is 234 g/mol. The van der Waals surface area contributed by atoms with Crippen molar-refractivity contribution in [3.63, 3.8) is 0 Å². The number of phenols is 2. The maximum Gasteiger partial charge on any atom is 0.157 e. The fourth-order valence-electron chi connectivity index (χ4n) is 1.47. The maximum atomic E-state index is 11.4. The van der Waals surface area contributed by atoms with Gasteiger partial charge < -0.3 is 10.2 Å². The number of unbranched alkanes of at least 4 members (excludes halogenated alkanes) is 2. The summed E-state index contributed by atoms with van der Waals surface area (Å²) in [4.78, 5) is 11.4. The molecule has 0 aliphatic carbocycles. The van der Waals surface area contributed by atoms with E-state index < -0.39 is 0 Å². The van der Waals surface area contributed by atoms with Crippen molar-refractivity contribution in [3.8, 4) is 11.5 Å². The third-order valence-corrected chi connectivity index (χ3v) is 2.49. The summed E-state index contributed by atoms with van der Waals surface area (Å²) in [6.45, 7) is 2.10. The monoisotopic (exact) mass is 234 g/mol. The van der Waals surface area contributed by atoms with Crippen LogP contribution in [-0.4, -0.2) is 16.0 Å². The minimum absolute atomic E-state index is 0.0889. The number of hydrogen-bond acceptors (Lipinski definition) is 3. The highest BCUT2D eigenvalue weighted by Crippen LogP contribution is 2.25. The standard InChI is InChI=1S/C14H18O3/c1-2-3-4-5-12(15)8-6-11-7-9-13(16)14(17)10-11/h6-10,16-17H,2-5H2,1H3. The number of carbonyl (C=O) groups is 1. The van der Waals surface area contributed by atoms with Crippen LogP contribution in [0.5, 0.6) is 11.5 Å². The summed E-state index contributed by atoms with van der Waals surface area (Å²) < 4.78 is 0. The smallest absolute Gasteiger partial charge is 0.157 e. The quantitative estimate of drug-likeness (QED) is 0.451. The van der Waals surface area contributed by atoms with Crippen molar-refractivity contribution in [1.29, 1.82) is 0 Å². The van der Waals surface area contributed by atoms with E-state index in [2.05, 4.69) is 6.92 Å². The van der Waals surface area contributed by atoms with Crippen molar-refractivity contribution in [2.45, 2.75) is 32.6 Å². The Morgan fingerprint density at radius 3 is 2.65 bits per heavy atom. The van der Waals surface area contributed by atoms with Crippen LogP contribution in [0.4, 0.5) is 0 Å². The molecule has 2 N–H and O–H groups in total. The number of rotatable bonds is 6. The third kappa shape index (κ3) is 4.72. The van der Waals surface area contributed by atoms with Gasteiger partial charge in [-0.25, -0.2) is 0 Å². The first-order valence-electron chi connectivity index (χ1n) is 5.86. The number of carbonyl (C=O) groups excluding carboxylic acids is 1. The van der Waals surface area contributed by atoms with Gasteiger partial charge in [0.15, 0.2) is 17.3 Å². The number of benzene rings is 1. The summed E-state index contributed by atoms with van der Waals surface area (Å²) in [6, 6.07) is 4.46. The summed E-state index contributed by atoms with van der Waals surface area (Å²) in [6.07, 6.45) is 6.81. The maximum absolute atomic E-state index is 11.4. The SMILES string of the molecule is CCCCCC(=O)C=Cc1ccc(O)c(O)c1. The Kier molecular flexibility index (Phi) is 5.27. The number of ketones is 1. The van der Waals surface area contributed by atoms with Crippen LogP contribution in [0, 0.1) is 0 Å². The molecule has 1 rings (SSSR count). The van der Waals surface area contributed by atoms with Crippen molar-refractivity contribution >= 4 is 11.9 Å². The summed E-state index contributed by atoms with van der Waals surface area (Å²) in [5.41, 5.74) is 0.698. The molecule has 0 aliphatic rings. The summed E-state index contributed by atoms with van der Waals surface area (Å²) in [7, 11) is 0. The third-order valence-electron chi connectivity index (χ3n) is 2.49. The highest BCUT2D eigenvalue weighted by atomic mass is 16.3. The normalized spacial score (nSPS) is 10.9. The fraction of sp³-hybridized carbons (Fsp3) is 0.357. The number of phenolic OH excluding ortho intramolecular Hbond substituents is 2. The van der Waals surface area contributed by atoms with Gasteiger partial charge in [0.25, 0.3) is 0 Å². The van der Waals surface area contributed by atoms with Crippen molar-refractivity contribution in [2.24, 2.45) is 0 Å². The van der Waals surface area contributed by atoms with E-state index >= 15 is 0 Å². The first-order chi connectivity index (χ1) is 8.13. The van der Waals surface area contributed by atoms with E-state index in [9.17, 15) is 9.90 Å². The summed E-state index contributed by atoms with van der Waals surface area (Å²) >= 11 is 0. The van der Waals surface area contributed by atoms with Crippen molar-refractivity contribution in [1.82, 2.24) is 0 Å². The van der Waals surface area contributed by atoms with E-state index in [0.717, 1.165) is 19.3 Å². The van der Waals surface area contributed by atoms with Gasteiger partial charge in [-0.2, -0.15) is 0 Å². The molecule has 92 valence electrons. The Balaban J connectivity index is 2.52. The highest BCUT2D eigenvalue weighted by molar-refractivity contribution is 5.93. The van der Waals surface area contributed by atoms with Crippen LogP contribution >= 0.6 is 0 Å². The second-order valence-corrected chi connectivity index (χ2v) is 4.00. The number of allylic oxidation sites excluding steroid dienone is 1. The lowest BCUT2D eigenvalue weighted by atomic mass is 10.1. The van der Waals surface area contributed by atoms with E-state index in [1.54, 1.807) is 12.1 Å². The van der Waals surface area contributed by atoms with Crippen LogP contribution in [0.25, 0.3) is 6.08 Å². The molecule has 1 aromatic carbocycles. The lowest BCUT2D eigenvalue weighted by molar-refractivity contribution is -0.114. The predicted octanol–water partition coefficient (Wildman–Crippen LogP) is 3.26. The van der Waals surface area contributed by atoms with Gasteiger partial charge in [0.1, 0.15) is 0 Å². The van der Waals surface area contributed by atoms with Gasteiger partial charge in [-0.15, -0.1) is 0 Å². The molecule has 0 aromatic heterocycles. The number of aromatic hydroxyl groups is 2. The minimum atomic E-state index is -0.175. The van der Waals surface area contributed by atoms with Gasteiger partial charge in [0, 0.05) is 6.42 Å². The summed E-state index contributed by atoms with van der Waals surface area (Å²) in [5, 5.41) is 18.4. The zero-order chi connectivity index (χ0) is 12.7. The molecule has 3 nitrogen and oxygen atoms in total. The first kappa shape index (κ1) is 13.3. The minimum Gasteiger partial charge on any atom is -0.504 e. The average Bonchev–Trinajstić information content (AvgIpc) is 2.31. The molecular formula is C14H18O3. The molecule has 0 aliphatic heterocycles. The molecule has 0 spiro atoms. The Morgan fingerprint density at radius 2 is 2.00 bits per heavy atom. The molecule has 0 saturated heterocycles. The van der Waals surface area contributed by atoms with E-state index in [4.69, 9.17) is 5.11 Å². The molecule has 17 heavy (non-hydrogen) atoms. The van der Waals surface area contributed by atoms with Crippen LogP contribution in [0.2, 0.25) is 0 Å². The lowest BCUT2D eigenvalue weighted by Crippen LogP contribution is -1.91. The molecule has 1 aromatic rings. The van der Waals surface area contributed by atoms with Crippen molar-refractivity contribution in [3.05, 3.63) is 29.8 Å². The molecule has 0 bridgehead atoms. The highest BCUT2D eigenvalue weighted by Gasteiger charge is 1.99. The molecule has 0 unspecified atom stereocenters. The van der Waals surface area contributed by atoms with Gasteiger partial charge >= 0.3 is 0 Å². The van der Waals surface area contributed by atoms with Crippen LogP contribution in [-0.2, 0) is 4.79 Å². The molecule has 0 saturated carbocycles. The van der Waals surface area contributed by atoms with E-state index in [1.807, 2.05) is 0 Å². The predicted molar refractivity (Wildman–Crippen MR) is 68.0 cm³/mol. The van der Waals surface area contributed by atoms with Crippen LogP contribution in [0.15, 0.2) is 24.3 Å². The second-order valence-electron chi connectivity index (χ2n) is 4.00. The second kappa shape index (κ2) is 6.74. The van der Waals surface area contributed by atoms with Crippen LogP contribution < -0.4 is 0 Å². The zero-order valence-corrected chi connectivity index (χ0v) is 10.0. The van der Waals surface area contributed by atoms with Crippen LogP contribution in [0.3, 0.4) is 0 Å². The molecule has 0 radical (unpaired) electrons. The zero-order valence-electron chi connectivity index (χ0n) is 10.0. The molecule has 0 atom stereocenters. The molecule has 0 amide bonds. The molecule has 0 fully saturated rings. The lowest BCUT2D eigenvalue weighted by Gasteiger charge is -1.98. The Hall–Kier alpha value is -1.77. The van der Waals surface area contributed by atoms with Gasteiger partial charge in [-0.3, -0.25) is 4.79 Å². The number of hydrogen-bond donors (Lipinski definition) is 2. The fourth-order valence-corrected chi connectivity index (χ4v) is 1.47. The van der Waals surface area contributed by atoms with Crippen molar-refractivity contribution in [2.75, 3.05) is 0 Å². The van der Waals surface area contributed by atoms with Gasteiger partial charge in [0.2, 0.25) is 0 Å². The molecule has 3 heteroatoms. The van der Waals surface area contributed by atoms with E-state index in [1.165, 1.54) is 18.2 Å². The topological polar surface area (TPSA) is 57.5 Å². The molecule has 0 heterocycles. The van der Waals surface area contributed by atoms with Crippen LogP contribution in [0.1, 0.15) is 38.2 Å². The van der Waals surface area contributed by atoms with Gasteiger partial charge in [0.05, 0.1) is 0 Å². The van der Waals surface area contributed by atoms with E-state index in [0.29, 0.717) is 12.0 Å². The Morgan fingerprint density at radius 1 is 1.24 bits per heavy atom. The Bertz CT molecular complexity index is 408. The first-order valence-corrected chi connectivity index (χ1v) is 5.86. The van der Waals surface area contributed by atoms with Gasteiger partial charge in [-0.1, -0.05) is 31.9 Å². The van der Waals surface area contributed by atoms with Crippen molar-refractivity contribution < 1.29 is 15.0 Å². The molecular weight excluding hydrogens is 216 g/mol. The van der Waals surface area contributed by atoms with E-state index in [-0.39, 0.29) is 17.3 Å². The van der Waals surface area contributed by atoms with Gasteiger partial charge in [-0.05, 0) is 30.2 Å². The summed E-state index contributed by atoms with van der Waals surface area (Å²) in [5.74, 6) is -0.243. The largest absolute Gasteiger partial charge is 0.504 e. The Labute approximate surface area is 101 Å².